The molecule has 0 bridgehead atoms. The zero-order valence-electron chi connectivity index (χ0n) is 8.74. The average molecular weight is 365 g/mol. The van der Waals surface area contributed by atoms with Crippen LogP contribution < -0.4 is 16.8 Å². The number of carbonyl (C=O) groups is 2. The van der Waals surface area contributed by atoms with Gasteiger partial charge in [-0.1, -0.05) is 6.07 Å². The van der Waals surface area contributed by atoms with Gasteiger partial charge in [0, 0.05) is 8.95 Å². The lowest BCUT2D eigenvalue weighted by molar-refractivity contribution is -0.123. The highest BCUT2D eigenvalue weighted by Gasteiger charge is 2.17. The first-order valence-electron chi connectivity index (χ1n) is 4.70. The molecule has 0 saturated heterocycles. The lowest BCUT2D eigenvalue weighted by atomic mass is 10.2. The summed E-state index contributed by atoms with van der Waals surface area (Å²) in [6.07, 6.45) is -0.187. The van der Waals surface area contributed by atoms with Gasteiger partial charge >= 0.3 is 0 Å². The Morgan fingerprint density at radius 2 is 1.82 bits per heavy atom. The van der Waals surface area contributed by atoms with Crippen molar-refractivity contribution in [3.8, 4) is 0 Å². The monoisotopic (exact) mass is 363 g/mol. The first kappa shape index (κ1) is 14.1. The fraction of sp³-hybridized carbons (Fsp3) is 0.200. The smallest absolute Gasteiger partial charge is 0.241 e. The van der Waals surface area contributed by atoms with Gasteiger partial charge < -0.3 is 16.8 Å². The van der Waals surface area contributed by atoms with Gasteiger partial charge in [-0.2, -0.15) is 0 Å². The fourth-order valence-corrected chi connectivity index (χ4v) is 2.34. The van der Waals surface area contributed by atoms with Crippen molar-refractivity contribution in [1.82, 2.24) is 0 Å². The van der Waals surface area contributed by atoms with E-state index in [4.69, 9.17) is 11.5 Å². The fourth-order valence-electron chi connectivity index (χ4n) is 1.14. The second kappa shape index (κ2) is 6.13. The first-order valence-corrected chi connectivity index (χ1v) is 6.29. The quantitative estimate of drug-likeness (QED) is 0.752. The second-order valence-electron chi connectivity index (χ2n) is 3.36. The van der Waals surface area contributed by atoms with Crippen LogP contribution in [0.1, 0.15) is 6.42 Å². The molecule has 1 unspecified atom stereocenters. The summed E-state index contributed by atoms with van der Waals surface area (Å²) in [4.78, 5) is 22.3. The van der Waals surface area contributed by atoms with Crippen LogP contribution in [-0.4, -0.2) is 17.9 Å². The van der Waals surface area contributed by atoms with Crippen LogP contribution in [0.3, 0.4) is 0 Å². The van der Waals surface area contributed by atoms with Crippen molar-refractivity contribution in [2.45, 2.75) is 12.5 Å². The molecule has 17 heavy (non-hydrogen) atoms. The highest BCUT2D eigenvalue weighted by molar-refractivity contribution is 9.11. The molecule has 1 aromatic carbocycles. The summed E-state index contributed by atoms with van der Waals surface area (Å²) in [7, 11) is 0. The third-order valence-corrected chi connectivity index (χ3v) is 3.29. The Bertz CT molecular complexity index is 431. The third-order valence-electron chi connectivity index (χ3n) is 1.97. The van der Waals surface area contributed by atoms with Crippen LogP contribution >= 0.6 is 31.9 Å². The van der Waals surface area contributed by atoms with Crippen LogP contribution in [0, 0.1) is 0 Å². The molecule has 1 rings (SSSR count). The highest BCUT2D eigenvalue weighted by atomic mass is 79.9. The number of hydrogen-bond donors (Lipinski definition) is 3. The zero-order chi connectivity index (χ0) is 13.0. The summed E-state index contributed by atoms with van der Waals surface area (Å²) in [5.41, 5.74) is 11.1. The number of nitrogens with two attached hydrogens (primary N) is 2. The van der Waals surface area contributed by atoms with Gasteiger partial charge in [0.1, 0.15) is 0 Å². The summed E-state index contributed by atoms with van der Waals surface area (Å²) in [5.74, 6) is -1.07. The summed E-state index contributed by atoms with van der Waals surface area (Å²) in [6, 6.07) is 4.42. The molecule has 0 aliphatic carbocycles. The normalized spacial score (nSPS) is 11.9. The molecule has 1 aromatic rings. The highest BCUT2D eigenvalue weighted by Crippen LogP contribution is 2.30. The van der Waals surface area contributed by atoms with E-state index in [0.717, 1.165) is 0 Å². The molecule has 0 aliphatic rings. The van der Waals surface area contributed by atoms with Gasteiger partial charge in [0.15, 0.2) is 0 Å². The standard InChI is InChI=1S/C10H11Br2N3O2/c11-5-2-1-3-6(12)9(5)15-10(17)7(13)4-8(14)16/h1-3,7H,4,13H2,(H2,14,16)(H,15,17). The molecule has 0 saturated carbocycles. The van der Waals surface area contributed by atoms with Crippen molar-refractivity contribution in [3.05, 3.63) is 27.1 Å². The largest absolute Gasteiger partial charge is 0.370 e. The second-order valence-corrected chi connectivity index (χ2v) is 5.07. The number of hydrogen-bond acceptors (Lipinski definition) is 3. The molecule has 5 N–H and O–H groups in total. The maximum absolute atomic E-state index is 11.7. The molecular formula is C10H11Br2N3O2. The SMILES string of the molecule is NC(=O)CC(N)C(=O)Nc1c(Br)cccc1Br. The minimum Gasteiger partial charge on any atom is -0.370 e. The van der Waals surface area contributed by atoms with E-state index in [9.17, 15) is 9.59 Å². The molecule has 0 spiro atoms. The molecule has 2 amide bonds. The zero-order valence-corrected chi connectivity index (χ0v) is 11.9. The van der Waals surface area contributed by atoms with Crippen LogP contribution in [0.4, 0.5) is 5.69 Å². The predicted molar refractivity (Wildman–Crippen MR) is 72.3 cm³/mol. The number of carbonyl (C=O) groups excluding carboxylic acids is 2. The maximum atomic E-state index is 11.7. The number of halogens is 2. The van der Waals surface area contributed by atoms with Crippen LogP contribution in [0.2, 0.25) is 0 Å². The number of primary amides is 1. The van der Waals surface area contributed by atoms with Gasteiger partial charge in [-0.3, -0.25) is 9.59 Å². The number of benzene rings is 1. The topological polar surface area (TPSA) is 98.2 Å². The molecule has 0 aromatic heterocycles. The molecule has 0 aliphatic heterocycles. The van der Waals surface area contributed by atoms with Crippen LogP contribution in [0.15, 0.2) is 27.1 Å². The van der Waals surface area contributed by atoms with Crippen LogP contribution in [0.25, 0.3) is 0 Å². The van der Waals surface area contributed by atoms with Crippen molar-refractivity contribution in [2.24, 2.45) is 11.5 Å². The minimum atomic E-state index is -0.952. The Hall–Kier alpha value is -0.920. The number of nitrogens with one attached hydrogen (secondary N) is 1. The van der Waals surface area contributed by atoms with Crippen molar-refractivity contribution in [3.63, 3.8) is 0 Å². The third kappa shape index (κ3) is 4.10. The predicted octanol–water partition coefficient (Wildman–Crippen LogP) is 1.35. The van der Waals surface area contributed by atoms with E-state index in [2.05, 4.69) is 37.2 Å². The van der Waals surface area contributed by atoms with E-state index < -0.39 is 17.9 Å². The lowest BCUT2D eigenvalue weighted by Gasteiger charge is -2.13. The maximum Gasteiger partial charge on any atom is 0.241 e. The minimum absolute atomic E-state index is 0.187. The molecule has 0 fully saturated rings. The van der Waals surface area contributed by atoms with Gasteiger partial charge in [0.25, 0.3) is 0 Å². The molecule has 5 nitrogen and oxygen atoms in total. The van der Waals surface area contributed by atoms with E-state index in [0.29, 0.717) is 14.6 Å². The summed E-state index contributed by atoms with van der Waals surface area (Å²) in [5, 5.41) is 2.62. The molecule has 92 valence electrons. The van der Waals surface area contributed by atoms with Crippen molar-refractivity contribution >= 4 is 49.4 Å². The van der Waals surface area contributed by atoms with Gasteiger partial charge in [-0.25, -0.2) is 0 Å². The molecule has 1 atom stereocenters. The van der Waals surface area contributed by atoms with E-state index in [-0.39, 0.29) is 6.42 Å². The first-order chi connectivity index (χ1) is 7.91. The van der Waals surface area contributed by atoms with Crippen molar-refractivity contribution < 1.29 is 9.59 Å². The van der Waals surface area contributed by atoms with Gasteiger partial charge in [-0.15, -0.1) is 0 Å². The van der Waals surface area contributed by atoms with Gasteiger partial charge in [0.2, 0.25) is 11.8 Å². The van der Waals surface area contributed by atoms with Crippen LogP contribution in [-0.2, 0) is 9.59 Å². The summed E-state index contributed by atoms with van der Waals surface area (Å²) >= 11 is 6.60. The molecule has 0 radical (unpaired) electrons. The van der Waals surface area contributed by atoms with E-state index >= 15 is 0 Å². The van der Waals surface area contributed by atoms with Gasteiger partial charge in [0.05, 0.1) is 18.2 Å². The average Bonchev–Trinajstić information content (AvgIpc) is 2.22. The number of anilines is 1. The van der Waals surface area contributed by atoms with Crippen LogP contribution in [0.5, 0.6) is 0 Å². The van der Waals surface area contributed by atoms with E-state index in [1.54, 1.807) is 12.1 Å². The van der Waals surface area contributed by atoms with Crippen molar-refractivity contribution in [2.75, 3.05) is 5.32 Å². The summed E-state index contributed by atoms with van der Waals surface area (Å²) in [6.45, 7) is 0. The molecule has 0 heterocycles. The number of para-hydroxylation sites is 1. The molecule has 7 heteroatoms. The Balaban J connectivity index is 2.78. The Kier molecular flexibility index (Phi) is 5.10. The number of amides is 2. The van der Waals surface area contributed by atoms with Crippen molar-refractivity contribution in [1.29, 1.82) is 0 Å². The lowest BCUT2D eigenvalue weighted by Crippen LogP contribution is -2.39. The number of rotatable bonds is 4. The Morgan fingerprint density at radius 3 is 2.29 bits per heavy atom. The summed E-state index contributed by atoms with van der Waals surface area (Å²) < 4.78 is 1.43. The van der Waals surface area contributed by atoms with E-state index in [1.807, 2.05) is 6.07 Å². The Morgan fingerprint density at radius 1 is 1.29 bits per heavy atom. The van der Waals surface area contributed by atoms with E-state index in [1.165, 1.54) is 0 Å². The molecular weight excluding hydrogens is 354 g/mol. The Labute approximate surface area is 115 Å². The van der Waals surface area contributed by atoms with Gasteiger partial charge in [-0.05, 0) is 44.0 Å².